The molecule has 0 radical (unpaired) electrons. The van der Waals surface area contributed by atoms with Crippen LogP contribution in [-0.4, -0.2) is 30.9 Å². The standard InChI is InChI=1S/C13H17N3O3/c1-2-11(17)16-13(19)15-9-8-14-12(18)10-6-4-3-5-7-10/h3-7H,2,8-9H2,1H3,(H,14,18)(H2,15,16,17,19). The lowest BCUT2D eigenvalue weighted by molar-refractivity contribution is -0.119. The zero-order chi connectivity index (χ0) is 14.1. The Morgan fingerprint density at radius 1 is 1.00 bits per heavy atom. The molecule has 1 aromatic rings. The lowest BCUT2D eigenvalue weighted by Gasteiger charge is -2.07. The van der Waals surface area contributed by atoms with Crippen LogP contribution in [0.25, 0.3) is 0 Å². The predicted molar refractivity (Wildman–Crippen MR) is 70.6 cm³/mol. The van der Waals surface area contributed by atoms with Crippen LogP contribution < -0.4 is 16.0 Å². The Bertz CT molecular complexity index is 446. The molecule has 0 aliphatic rings. The Labute approximate surface area is 111 Å². The largest absolute Gasteiger partial charge is 0.350 e. The van der Waals surface area contributed by atoms with E-state index in [2.05, 4.69) is 16.0 Å². The molecule has 0 saturated carbocycles. The molecule has 0 fully saturated rings. The second-order valence-electron chi connectivity index (χ2n) is 3.78. The third-order valence-corrected chi connectivity index (χ3v) is 2.31. The molecule has 1 aromatic carbocycles. The van der Waals surface area contributed by atoms with Crippen LogP contribution in [0, 0.1) is 0 Å². The zero-order valence-electron chi connectivity index (χ0n) is 10.7. The average Bonchev–Trinajstić information content (AvgIpc) is 2.44. The zero-order valence-corrected chi connectivity index (χ0v) is 10.7. The van der Waals surface area contributed by atoms with Gasteiger partial charge in [0.05, 0.1) is 0 Å². The lowest BCUT2D eigenvalue weighted by Crippen LogP contribution is -2.42. The summed E-state index contributed by atoms with van der Waals surface area (Å²) in [7, 11) is 0. The smallest absolute Gasteiger partial charge is 0.321 e. The van der Waals surface area contributed by atoms with Gasteiger partial charge in [0.1, 0.15) is 0 Å². The van der Waals surface area contributed by atoms with Crippen molar-refractivity contribution >= 4 is 17.8 Å². The molecule has 0 heterocycles. The summed E-state index contributed by atoms with van der Waals surface area (Å²) in [6.45, 7) is 2.20. The first-order valence-corrected chi connectivity index (χ1v) is 6.04. The summed E-state index contributed by atoms with van der Waals surface area (Å²) < 4.78 is 0. The molecule has 1 rings (SSSR count). The van der Waals surface area contributed by atoms with Crippen molar-refractivity contribution in [2.45, 2.75) is 13.3 Å². The number of rotatable bonds is 5. The summed E-state index contributed by atoms with van der Waals surface area (Å²) in [4.78, 5) is 33.7. The highest BCUT2D eigenvalue weighted by atomic mass is 16.2. The number of nitrogens with one attached hydrogen (secondary N) is 3. The Hall–Kier alpha value is -2.37. The van der Waals surface area contributed by atoms with Gasteiger partial charge in [0.2, 0.25) is 5.91 Å². The van der Waals surface area contributed by atoms with Gasteiger partial charge in [0.15, 0.2) is 0 Å². The van der Waals surface area contributed by atoms with E-state index in [1.165, 1.54) is 0 Å². The summed E-state index contributed by atoms with van der Waals surface area (Å²) in [6, 6.07) is 8.23. The molecular weight excluding hydrogens is 246 g/mol. The minimum absolute atomic E-state index is 0.201. The van der Waals surface area contributed by atoms with E-state index in [4.69, 9.17) is 0 Å². The van der Waals surface area contributed by atoms with Gasteiger partial charge in [-0.1, -0.05) is 25.1 Å². The molecule has 0 saturated heterocycles. The molecule has 102 valence electrons. The molecule has 0 bridgehead atoms. The second kappa shape index (κ2) is 7.86. The van der Waals surface area contributed by atoms with Crippen molar-refractivity contribution in [3.63, 3.8) is 0 Å². The number of carbonyl (C=O) groups excluding carboxylic acids is 3. The molecule has 0 unspecified atom stereocenters. The second-order valence-corrected chi connectivity index (χ2v) is 3.78. The molecule has 0 aliphatic heterocycles. The van der Waals surface area contributed by atoms with Crippen molar-refractivity contribution in [1.82, 2.24) is 16.0 Å². The van der Waals surface area contributed by atoms with Gasteiger partial charge in [-0.2, -0.15) is 0 Å². The molecule has 3 N–H and O–H groups in total. The number of benzene rings is 1. The maximum atomic E-state index is 11.6. The normalized spacial score (nSPS) is 9.53. The molecule has 19 heavy (non-hydrogen) atoms. The van der Waals surface area contributed by atoms with Crippen LogP contribution in [0.1, 0.15) is 23.7 Å². The van der Waals surface area contributed by atoms with Crippen LogP contribution >= 0.6 is 0 Å². The van der Waals surface area contributed by atoms with Gasteiger partial charge >= 0.3 is 6.03 Å². The summed E-state index contributed by atoms with van der Waals surface area (Å²) in [5.74, 6) is -0.543. The Morgan fingerprint density at radius 2 is 1.63 bits per heavy atom. The van der Waals surface area contributed by atoms with E-state index in [9.17, 15) is 14.4 Å². The fourth-order valence-corrected chi connectivity index (χ4v) is 1.30. The maximum absolute atomic E-state index is 11.6. The number of hydrogen-bond acceptors (Lipinski definition) is 3. The quantitative estimate of drug-likeness (QED) is 0.682. The number of urea groups is 1. The number of hydrogen-bond donors (Lipinski definition) is 3. The number of carbonyl (C=O) groups is 3. The van der Waals surface area contributed by atoms with Gasteiger partial charge in [-0.25, -0.2) is 4.79 Å². The van der Waals surface area contributed by atoms with Crippen LogP contribution in [0.2, 0.25) is 0 Å². The third kappa shape index (κ3) is 5.67. The Kier molecular flexibility index (Phi) is 6.08. The van der Waals surface area contributed by atoms with E-state index in [1.54, 1.807) is 31.2 Å². The Morgan fingerprint density at radius 3 is 2.26 bits per heavy atom. The summed E-state index contributed by atoms with van der Waals surface area (Å²) in [5.41, 5.74) is 0.563. The van der Waals surface area contributed by atoms with Crippen LogP contribution in [-0.2, 0) is 4.79 Å². The highest BCUT2D eigenvalue weighted by molar-refractivity contribution is 5.95. The van der Waals surface area contributed by atoms with Gasteiger partial charge < -0.3 is 10.6 Å². The van der Waals surface area contributed by atoms with Crippen molar-refractivity contribution < 1.29 is 14.4 Å². The first-order chi connectivity index (χ1) is 9.13. The fraction of sp³-hybridized carbons (Fsp3) is 0.308. The average molecular weight is 263 g/mol. The van der Waals surface area contributed by atoms with Crippen molar-refractivity contribution in [2.75, 3.05) is 13.1 Å². The van der Waals surface area contributed by atoms with E-state index in [0.29, 0.717) is 12.1 Å². The summed E-state index contributed by atoms with van der Waals surface area (Å²) >= 11 is 0. The molecule has 0 spiro atoms. The van der Waals surface area contributed by atoms with E-state index < -0.39 is 6.03 Å². The lowest BCUT2D eigenvalue weighted by atomic mass is 10.2. The predicted octanol–water partition coefficient (Wildman–Crippen LogP) is 0.652. The van der Waals surface area contributed by atoms with Crippen LogP contribution in [0.15, 0.2) is 30.3 Å². The van der Waals surface area contributed by atoms with Crippen molar-refractivity contribution in [1.29, 1.82) is 0 Å². The molecule has 6 heteroatoms. The molecule has 4 amide bonds. The van der Waals surface area contributed by atoms with Crippen LogP contribution in [0.5, 0.6) is 0 Å². The Balaban J connectivity index is 2.19. The molecule has 6 nitrogen and oxygen atoms in total. The number of amides is 4. The number of imide groups is 1. The SMILES string of the molecule is CCC(=O)NC(=O)NCCNC(=O)c1ccccc1. The van der Waals surface area contributed by atoms with E-state index >= 15 is 0 Å². The minimum Gasteiger partial charge on any atom is -0.350 e. The van der Waals surface area contributed by atoms with Gasteiger partial charge in [0, 0.05) is 25.1 Å². The topological polar surface area (TPSA) is 87.3 Å². The monoisotopic (exact) mass is 263 g/mol. The first-order valence-electron chi connectivity index (χ1n) is 6.04. The molecule has 0 aliphatic carbocycles. The molecular formula is C13H17N3O3. The van der Waals surface area contributed by atoms with Crippen molar-refractivity contribution in [3.8, 4) is 0 Å². The summed E-state index contributed by atoms with van der Waals surface area (Å²) in [6.07, 6.45) is 0.248. The van der Waals surface area contributed by atoms with E-state index in [1.807, 2.05) is 6.07 Å². The van der Waals surface area contributed by atoms with Gasteiger partial charge in [-0.3, -0.25) is 14.9 Å². The maximum Gasteiger partial charge on any atom is 0.321 e. The van der Waals surface area contributed by atoms with Gasteiger partial charge in [-0.15, -0.1) is 0 Å². The molecule has 0 aromatic heterocycles. The minimum atomic E-state index is -0.555. The van der Waals surface area contributed by atoms with Crippen molar-refractivity contribution in [2.24, 2.45) is 0 Å². The van der Waals surface area contributed by atoms with Crippen LogP contribution in [0.4, 0.5) is 4.79 Å². The molecule has 0 atom stereocenters. The third-order valence-electron chi connectivity index (χ3n) is 2.31. The highest BCUT2D eigenvalue weighted by Gasteiger charge is 2.05. The van der Waals surface area contributed by atoms with Crippen LogP contribution in [0.3, 0.4) is 0 Å². The van der Waals surface area contributed by atoms with E-state index in [0.717, 1.165) is 0 Å². The van der Waals surface area contributed by atoms with E-state index in [-0.39, 0.29) is 24.8 Å². The summed E-state index contributed by atoms with van der Waals surface area (Å²) in [5, 5.41) is 7.27. The van der Waals surface area contributed by atoms with Gasteiger partial charge in [0.25, 0.3) is 5.91 Å². The van der Waals surface area contributed by atoms with Gasteiger partial charge in [-0.05, 0) is 12.1 Å². The van der Waals surface area contributed by atoms with Crippen molar-refractivity contribution in [3.05, 3.63) is 35.9 Å². The fourth-order valence-electron chi connectivity index (χ4n) is 1.30. The highest BCUT2D eigenvalue weighted by Crippen LogP contribution is 1.96. The first kappa shape index (κ1) is 14.7.